The summed E-state index contributed by atoms with van der Waals surface area (Å²) >= 11 is 3.10. The van der Waals surface area contributed by atoms with E-state index in [0.717, 1.165) is 54.9 Å². The van der Waals surface area contributed by atoms with Gasteiger partial charge in [-0.2, -0.15) is 5.01 Å². The molecule has 4 aromatic rings. The average Bonchev–Trinajstić information content (AvgIpc) is 3.64. The third-order valence-electron chi connectivity index (χ3n) is 6.34. The number of nitrogens with one attached hydrogen (secondary N) is 1. The normalized spacial score (nSPS) is 13.4. The van der Waals surface area contributed by atoms with E-state index in [1.165, 1.54) is 17.4 Å². The van der Waals surface area contributed by atoms with E-state index in [9.17, 15) is 9.59 Å². The van der Waals surface area contributed by atoms with Crippen LogP contribution in [0.2, 0.25) is 0 Å². The van der Waals surface area contributed by atoms with Crippen molar-refractivity contribution in [3.63, 3.8) is 0 Å². The maximum atomic E-state index is 12.8. The molecule has 0 bridgehead atoms. The molecule has 39 heavy (non-hydrogen) atoms. The number of hydrazine groups is 1. The number of fused-ring (bicyclic) bond motifs is 1. The lowest BCUT2D eigenvalue weighted by Gasteiger charge is -2.28. The molecule has 4 heterocycles. The molecule has 5 rings (SSSR count). The number of amides is 2. The Bertz CT molecular complexity index is 1530. The van der Waals surface area contributed by atoms with Crippen molar-refractivity contribution in [2.24, 2.45) is 0 Å². The summed E-state index contributed by atoms with van der Waals surface area (Å²) in [4.78, 5) is 37.9. The number of carbonyl (C=O) groups excluding carboxylic acids is 2. The van der Waals surface area contributed by atoms with E-state index in [1.807, 2.05) is 48.7 Å². The molecule has 0 saturated heterocycles. The molecule has 0 fully saturated rings. The molecule has 0 unspecified atom stereocenters. The highest BCUT2D eigenvalue weighted by atomic mass is 32.1. The number of thiophene rings is 2. The van der Waals surface area contributed by atoms with Crippen LogP contribution in [0.1, 0.15) is 12.5 Å². The molecular weight excluding hydrogens is 534 g/mol. The van der Waals surface area contributed by atoms with E-state index in [0.29, 0.717) is 30.4 Å². The van der Waals surface area contributed by atoms with Gasteiger partial charge in [0.25, 0.3) is 11.8 Å². The van der Waals surface area contributed by atoms with Gasteiger partial charge < -0.3 is 14.8 Å². The van der Waals surface area contributed by atoms with Gasteiger partial charge in [0.2, 0.25) is 0 Å². The van der Waals surface area contributed by atoms with Gasteiger partial charge in [-0.1, -0.05) is 6.07 Å². The molecule has 0 aliphatic carbocycles. The Kier molecular flexibility index (Phi) is 8.03. The standard InChI is InChI=1S/C28H29N5O4S2/c1-17-16-22(34)33(28(17)35)32(3)26-23-18(2)24(39-27(23)31-25(30-26)21-6-5-15-38-21)19-7-9-20(10-8-19)37-14-12-29-11-13-36-4/h5-10,15-16,29H,11-14H2,1-4H3. The van der Waals surface area contributed by atoms with Crippen LogP contribution in [0, 0.1) is 6.92 Å². The Labute approximate surface area is 234 Å². The highest BCUT2D eigenvalue weighted by Crippen LogP contribution is 2.43. The van der Waals surface area contributed by atoms with Gasteiger partial charge >= 0.3 is 0 Å². The molecular formula is C28H29N5O4S2. The number of aromatic nitrogens is 2. The van der Waals surface area contributed by atoms with Gasteiger partial charge in [0.1, 0.15) is 17.2 Å². The Morgan fingerprint density at radius 2 is 1.82 bits per heavy atom. The zero-order valence-corrected chi connectivity index (χ0v) is 23.8. The van der Waals surface area contributed by atoms with Crippen LogP contribution in [0.3, 0.4) is 0 Å². The smallest absolute Gasteiger partial charge is 0.275 e. The van der Waals surface area contributed by atoms with Crippen molar-refractivity contribution in [2.45, 2.75) is 13.8 Å². The highest BCUT2D eigenvalue weighted by molar-refractivity contribution is 7.22. The molecule has 1 aromatic carbocycles. The lowest BCUT2D eigenvalue weighted by molar-refractivity contribution is -0.137. The first-order chi connectivity index (χ1) is 18.9. The summed E-state index contributed by atoms with van der Waals surface area (Å²) < 4.78 is 10.9. The quantitative estimate of drug-likeness (QED) is 0.208. The topological polar surface area (TPSA) is 96.9 Å². The van der Waals surface area contributed by atoms with Crippen LogP contribution < -0.4 is 15.1 Å². The number of nitrogens with zero attached hydrogens (tertiary/aromatic N) is 4. The number of hydrogen-bond donors (Lipinski definition) is 1. The van der Waals surface area contributed by atoms with Crippen LogP contribution in [0.5, 0.6) is 5.75 Å². The second-order valence-corrected chi connectivity index (χ2v) is 11.0. The molecule has 0 spiro atoms. The average molecular weight is 564 g/mol. The molecule has 0 saturated carbocycles. The van der Waals surface area contributed by atoms with E-state index in [-0.39, 0.29) is 11.8 Å². The van der Waals surface area contributed by atoms with Gasteiger partial charge in [0.05, 0.1) is 16.9 Å². The molecule has 11 heteroatoms. The Morgan fingerprint density at radius 1 is 1.05 bits per heavy atom. The Balaban J connectivity index is 1.48. The first-order valence-electron chi connectivity index (χ1n) is 12.5. The maximum Gasteiger partial charge on any atom is 0.275 e. The fourth-order valence-electron chi connectivity index (χ4n) is 4.34. The van der Waals surface area contributed by atoms with Crippen molar-refractivity contribution in [3.8, 4) is 26.9 Å². The summed E-state index contributed by atoms with van der Waals surface area (Å²) in [6.07, 6.45) is 1.35. The number of ether oxygens (including phenoxy) is 2. The molecule has 0 atom stereocenters. The van der Waals surface area contributed by atoms with Gasteiger partial charge in [0.15, 0.2) is 11.6 Å². The van der Waals surface area contributed by atoms with Crippen molar-refractivity contribution < 1.29 is 19.1 Å². The van der Waals surface area contributed by atoms with Gasteiger partial charge in [-0.25, -0.2) is 9.97 Å². The van der Waals surface area contributed by atoms with Gasteiger partial charge in [-0.15, -0.1) is 22.7 Å². The van der Waals surface area contributed by atoms with Crippen molar-refractivity contribution in [2.75, 3.05) is 45.5 Å². The summed E-state index contributed by atoms with van der Waals surface area (Å²) in [7, 11) is 3.37. The molecule has 3 aromatic heterocycles. The number of benzene rings is 1. The minimum atomic E-state index is -0.387. The highest BCUT2D eigenvalue weighted by Gasteiger charge is 2.34. The number of methoxy groups -OCH3 is 1. The van der Waals surface area contributed by atoms with Crippen molar-refractivity contribution in [3.05, 3.63) is 59.0 Å². The van der Waals surface area contributed by atoms with Crippen LogP contribution in [0.4, 0.5) is 5.82 Å². The SMILES string of the molecule is COCCNCCOc1ccc(-c2sc3nc(-c4cccs4)nc(N(C)N4C(=O)C=C(C)C4=O)c3c2C)cc1. The fraction of sp³-hybridized carbons (Fsp3) is 0.286. The van der Waals surface area contributed by atoms with E-state index in [2.05, 4.69) is 5.32 Å². The first kappa shape index (κ1) is 26.9. The summed E-state index contributed by atoms with van der Waals surface area (Å²) in [6.45, 7) is 6.41. The second-order valence-electron chi connectivity index (χ2n) is 9.01. The molecule has 2 amide bonds. The van der Waals surface area contributed by atoms with Gasteiger partial charge in [-0.05, 0) is 60.7 Å². The number of rotatable bonds is 11. The first-order valence-corrected chi connectivity index (χ1v) is 14.2. The minimum Gasteiger partial charge on any atom is -0.492 e. The maximum absolute atomic E-state index is 12.8. The van der Waals surface area contributed by atoms with E-state index in [4.69, 9.17) is 19.4 Å². The minimum absolute atomic E-state index is 0.357. The zero-order valence-electron chi connectivity index (χ0n) is 22.2. The van der Waals surface area contributed by atoms with Crippen LogP contribution in [-0.4, -0.2) is 67.3 Å². The van der Waals surface area contributed by atoms with Gasteiger partial charge in [-0.3, -0.25) is 14.6 Å². The lowest BCUT2D eigenvalue weighted by atomic mass is 10.1. The summed E-state index contributed by atoms with van der Waals surface area (Å²) in [5, 5.41) is 8.71. The summed E-state index contributed by atoms with van der Waals surface area (Å²) in [6, 6.07) is 11.9. The molecule has 9 nitrogen and oxygen atoms in total. The van der Waals surface area contributed by atoms with Crippen LogP contribution in [0.15, 0.2) is 53.4 Å². The molecule has 1 aliphatic rings. The van der Waals surface area contributed by atoms with E-state index < -0.39 is 0 Å². The Morgan fingerprint density at radius 3 is 2.49 bits per heavy atom. The predicted octanol–water partition coefficient (Wildman–Crippen LogP) is 4.68. The number of carbonyl (C=O) groups is 2. The third kappa shape index (κ3) is 5.44. The van der Waals surface area contributed by atoms with E-state index >= 15 is 0 Å². The zero-order chi connectivity index (χ0) is 27.5. The number of hydrogen-bond acceptors (Lipinski definition) is 10. The van der Waals surface area contributed by atoms with Crippen molar-refractivity contribution in [1.82, 2.24) is 20.3 Å². The summed E-state index contributed by atoms with van der Waals surface area (Å²) in [5.41, 5.74) is 2.40. The van der Waals surface area contributed by atoms with Crippen LogP contribution >= 0.6 is 22.7 Å². The fourth-order valence-corrected chi connectivity index (χ4v) is 6.18. The number of aryl methyl sites for hydroxylation is 1. The number of imide groups is 1. The second kappa shape index (κ2) is 11.6. The molecule has 0 radical (unpaired) electrons. The lowest BCUT2D eigenvalue weighted by Crippen LogP contribution is -2.45. The van der Waals surface area contributed by atoms with Crippen LogP contribution in [0.25, 0.3) is 31.4 Å². The number of anilines is 1. The summed E-state index contributed by atoms with van der Waals surface area (Å²) in [5.74, 6) is 1.11. The molecule has 1 N–H and O–H groups in total. The molecule has 202 valence electrons. The Hall–Kier alpha value is -3.64. The van der Waals surface area contributed by atoms with E-state index in [1.54, 1.807) is 37.4 Å². The molecule has 1 aliphatic heterocycles. The predicted molar refractivity (Wildman–Crippen MR) is 155 cm³/mol. The van der Waals surface area contributed by atoms with Gasteiger partial charge in [0, 0.05) is 43.8 Å². The largest absolute Gasteiger partial charge is 0.492 e. The van der Waals surface area contributed by atoms with Crippen molar-refractivity contribution in [1.29, 1.82) is 0 Å². The van der Waals surface area contributed by atoms with Crippen LogP contribution in [-0.2, 0) is 14.3 Å². The third-order valence-corrected chi connectivity index (χ3v) is 8.45. The van der Waals surface area contributed by atoms with Crippen molar-refractivity contribution >= 4 is 50.5 Å². The monoisotopic (exact) mass is 563 g/mol.